The van der Waals surface area contributed by atoms with Crippen LogP contribution in [0, 0.1) is 5.82 Å². The number of aryl methyl sites for hydroxylation is 1. The zero-order valence-corrected chi connectivity index (χ0v) is 18.6. The van der Waals surface area contributed by atoms with Gasteiger partial charge in [-0.3, -0.25) is 14.5 Å². The van der Waals surface area contributed by atoms with Crippen LogP contribution in [0.5, 0.6) is 0 Å². The molecular formula is C26H33FN2O2. The van der Waals surface area contributed by atoms with Crippen LogP contribution in [0.25, 0.3) is 0 Å². The fraction of sp³-hybridized carbons (Fsp3) is 0.462. The Balaban J connectivity index is 0.00000132. The SMILES string of the molecule is CC.O=CN(c1cccc(F)c1)[C@]1(C(=O)NC2CCCCC2)CCCc2ccccc21. The second kappa shape index (κ2) is 10.6. The molecule has 31 heavy (non-hydrogen) atoms. The molecule has 5 heteroatoms. The first-order valence-electron chi connectivity index (χ1n) is 11.5. The van der Waals surface area contributed by atoms with Crippen LogP contribution >= 0.6 is 0 Å². The number of anilines is 1. The van der Waals surface area contributed by atoms with Gasteiger partial charge in [-0.15, -0.1) is 0 Å². The van der Waals surface area contributed by atoms with E-state index in [-0.39, 0.29) is 11.9 Å². The molecule has 166 valence electrons. The van der Waals surface area contributed by atoms with Gasteiger partial charge in [0.05, 0.1) is 0 Å². The molecule has 2 aromatic rings. The lowest BCUT2D eigenvalue weighted by atomic mass is 9.74. The Bertz CT molecular complexity index is 894. The highest BCUT2D eigenvalue weighted by molar-refractivity contribution is 5.98. The number of halogens is 1. The summed E-state index contributed by atoms with van der Waals surface area (Å²) in [4.78, 5) is 27.6. The second-order valence-corrected chi connectivity index (χ2v) is 8.13. The van der Waals surface area contributed by atoms with Crippen LogP contribution in [0.1, 0.15) is 69.9 Å². The third-order valence-corrected chi connectivity index (χ3v) is 6.37. The normalized spacial score (nSPS) is 20.6. The van der Waals surface area contributed by atoms with Crippen LogP contribution in [0.15, 0.2) is 48.5 Å². The van der Waals surface area contributed by atoms with E-state index in [0.29, 0.717) is 18.5 Å². The van der Waals surface area contributed by atoms with E-state index in [4.69, 9.17) is 0 Å². The van der Waals surface area contributed by atoms with Gasteiger partial charge in [0.2, 0.25) is 6.41 Å². The number of fused-ring (bicyclic) bond motifs is 1. The number of rotatable bonds is 5. The average molecular weight is 425 g/mol. The van der Waals surface area contributed by atoms with E-state index in [2.05, 4.69) is 5.32 Å². The third-order valence-electron chi connectivity index (χ3n) is 6.37. The van der Waals surface area contributed by atoms with E-state index in [1.54, 1.807) is 12.1 Å². The number of benzene rings is 2. The summed E-state index contributed by atoms with van der Waals surface area (Å²) >= 11 is 0. The number of nitrogens with zero attached hydrogens (tertiary/aromatic N) is 1. The molecule has 0 aliphatic heterocycles. The molecule has 0 saturated heterocycles. The van der Waals surface area contributed by atoms with Crippen molar-refractivity contribution in [2.24, 2.45) is 0 Å². The number of carbonyl (C=O) groups excluding carboxylic acids is 2. The fourth-order valence-electron chi connectivity index (χ4n) is 4.96. The first kappa shape index (κ1) is 23.0. The Morgan fingerprint density at radius 1 is 1.06 bits per heavy atom. The number of hydrogen-bond acceptors (Lipinski definition) is 2. The highest BCUT2D eigenvalue weighted by Gasteiger charge is 2.49. The molecule has 4 rings (SSSR count). The molecule has 0 aromatic heterocycles. The van der Waals surface area contributed by atoms with Crippen LogP contribution in [-0.4, -0.2) is 18.4 Å². The zero-order chi connectivity index (χ0) is 22.3. The summed E-state index contributed by atoms with van der Waals surface area (Å²) < 4.78 is 14.0. The van der Waals surface area contributed by atoms with Gasteiger partial charge in [-0.25, -0.2) is 4.39 Å². The standard InChI is InChI=1S/C24H27FN2O2.C2H6/c25-19-10-6-13-21(16-19)27(17-28)24(23(29)26-20-11-2-1-3-12-20)15-7-9-18-8-4-5-14-22(18)24;1-2/h4-6,8,10,13-14,16-17,20H,1-3,7,9,11-12,15H2,(H,26,29);1-2H3/t24-;/m1./s1. The van der Waals surface area contributed by atoms with E-state index in [0.717, 1.165) is 49.7 Å². The maximum atomic E-state index is 14.0. The summed E-state index contributed by atoms with van der Waals surface area (Å²) in [6.07, 6.45) is 8.18. The summed E-state index contributed by atoms with van der Waals surface area (Å²) in [5.74, 6) is -0.589. The first-order chi connectivity index (χ1) is 15.1. The van der Waals surface area contributed by atoms with Crippen molar-refractivity contribution in [1.29, 1.82) is 0 Å². The minimum Gasteiger partial charge on any atom is -0.351 e. The van der Waals surface area contributed by atoms with Gasteiger partial charge in [-0.05, 0) is 61.4 Å². The quantitative estimate of drug-likeness (QED) is 0.645. The number of nitrogens with one attached hydrogen (secondary N) is 1. The van der Waals surface area contributed by atoms with Crippen molar-refractivity contribution in [3.63, 3.8) is 0 Å². The van der Waals surface area contributed by atoms with Gasteiger partial charge in [0, 0.05) is 11.7 Å². The molecule has 0 spiro atoms. The number of carbonyl (C=O) groups is 2. The molecule has 0 radical (unpaired) electrons. The number of amides is 2. The van der Waals surface area contributed by atoms with Crippen molar-refractivity contribution >= 4 is 18.0 Å². The Morgan fingerprint density at radius 2 is 1.81 bits per heavy atom. The van der Waals surface area contributed by atoms with E-state index in [9.17, 15) is 14.0 Å². The van der Waals surface area contributed by atoms with Crippen LogP contribution < -0.4 is 10.2 Å². The number of hydrogen-bond donors (Lipinski definition) is 1. The largest absolute Gasteiger partial charge is 0.351 e. The van der Waals surface area contributed by atoms with E-state index >= 15 is 0 Å². The molecule has 2 aromatic carbocycles. The minimum atomic E-state index is -1.16. The Labute approximate surface area is 184 Å². The molecule has 2 aliphatic carbocycles. The van der Waals surface area contributed by atoms with Crippen molar-refractivity contribution in [3.8, 4) is 0 Å². The van der Waals surface area contributed by atoms with E-state index in [1.165, 1.54) is 23.5 Å². The van der Waals surface area contributed by atoms with Crippen LogP contribution in [-0.2, 0) is 21.5 Å². The van der Waals surface area contributed by atoms with Crippen molar-refractivity contribution in [2.75, 3.05) is 4.90 Å². The van der Waals surface area contributed by atoms with Gasteiger partial charge in [-0.1, -0.05) is 63.4 Å². The Hall–Kier alpha value is -2.69. The minimum absolute atomic E-state index is 0.128. The van der Waals surface area contributed by atoms with Crippen molar-refractivity contribution in [1.82, 2.24) is 5.32 Å². The lowest BCUT2D eigenvalue weighted by molar-refractivity contribution is -0.130. The molecule has 1 saturated carbocycles. The van der Waals surface area contributed by atoms with Gasteiger partial charge < -0.3 is 5.32 Å². The summed E-state index contributed by atoms with van der Waals surface area (Å²) in [5, 5.41) is 3.24. The molecule has 1 atom stereocenters. The van der Waals surface area contributed by atoms with Crippen LogP contribution in [0.4, 0.5) is 10.1 Å². The monoisotopic (exact) mass is 424 g/mol. The molecular weight excluding hydrogens is 391 g/mol. The maximum Gasteiger partial charge on any atom is 0.251 e. The van der Waals surface area contributed by atoms with E-state index < -0.39 is 11.4 Å². The average Bonchev–Trinajstić information content (AvgIpc) is 2.81. The van der Waals surface area contributed by atoms with Crippen molar-refractivity contribution in [3.05, 3.63) is 65.5 Å². The van der Waals surface area contributed by atoms with Gasteiger partial charge in [-0.2, -0.15) is 0 Å². The highest BCUT2D eigenvalue weighted by atomic mass is 19.1. The molecule has 0 unspecified atom stereocenters. The topological polar surface area (TPSA) is 49.4 Å². The van der Waals surface area contributed by atoms with Gasteiger partial charge >= 0.3 is 0 Å². The Morgan fingerprint density at radius 3 is 2.52 bits per heavy atom. The molecule has 2 amide bonds. The second-order valence-electron chi connectivity index (χ2n) is 8.13. The van der Waals surface area contributed by atoms with E-state index in [1.807, 2.05) is 38.1 Å². The Kier molecular flexibility index (Phi) is 7.83. The molecule has 0 bridgehead atoms. The molecule has 0 heterocycles. The van der Waals surface area contributed by atoms with Crippen molar-refractivity contribution < 1.29 is 14.0 Å². The predicted molar refractivity (Wildman–Crippen MR) is 122 cm³/mol. The van der Waals surface area contributed by atoms with Crippen LogP contribution in [0.3, 0.4) is 0 Å². The van der Waals surface area contributed by atoms with Gasteiger partial charge in [0.1, 0.15) is 5.82 Å². The molecule has 4 nitrogen and oxygen atoms in total. The van der Waals surface area contributed by atoms with Crippen molar-refractivity contribution in [2.45, 2.75) is 76.8 Å². The lowest BCUT2D eigenvalue weighted by Gasteiger charge is -2.45. The zero-order valence-electron chi connectivity index (χ0n) is 18.6. The predicted octanol–water partition coefficient (Wildman–Crippen LogP) is 5.50. The molecule has 2 aliphatic rings. The summed E-state index contributed by atoms with van der Waals surface area (Å²) in [5.41, 5.74) is 1.15. The third kappa shape index (κ3) is 4.65. The lowest BCUT2D eigenvalue weighted by Crippen LogP contribution is -2.59. The fourth-order valence-corrected chi connectivity index (χ4v) is 4.96. The molecule has 1 fully saturated rings. The summed E-state index contributed by atoms with van der Waals surface area (Å²) in [6.45, 7) is 4.00. The van der Waals surface area contributed by atoms with Crippen LogP contribution in [0.2, 0.25) is 0 Å². The summed E-state index contributed by atoms with van der Waals surface area (Å²) in [6, 6.07) is 13.9. The summed E-state index contributed by atoms with van der Waals surface area (Å²) in [7, 11) is 0. The molecule has 1 N–H and O–H groups in total. The maximum absolute atomic E-state index is 14.0. The highest BCUT2D eigenvalue weighted by Crippen LogP contribution is 2.42. The van der Waals surface area contributed by atoms with Gasteiger partial charge in [0.15, 0.2) is 5.54 Å². The smallest absolute Gasteiger partial charge is 0.251 e. The first-order valence-corrected chi connectivity index (χ1v) is 11.5. The van der Waals surface area contributed by atoms with Gasteiger partial charge in [0.25, 0.3) is 5.91 Å².